The van der Waals surface area contributed by atoms with E-state index in [-0.39, 0.29) is 0 Å². The molecule has 1 atom stereocenters. The van der Waals surface area contributed by atoms with Crippen LogP contribution in [-0.4, -0.2) is 26.8 Å². The Morgan fingerprint density at radius 3 is 2.38 bits per heavy atom. The first-order valence-electron chi connectivity index (χ1n) is 7.62. The summed E-state index contributed by atoms with van der Waals surface area (Å²) in [6, 6.07) is 4.51. The summed E-state index contributed by atoms with van der Waals surface area (Å²) in [4.78, 5) is 0. The Hall–Kier alpha value is -0.930. The highest BCUT2D eigenvalue weighted by Gasteiger charge is 2.14. The van der Waals surface area contributed by atoms with Gasteiger partial charge in [-0.3, -0.25) is 0 Å². The van der Waals surface area contributed by atoms with E-state index >= 15 is 0 Å². The third-order valence-electron chi connectivity index (χ3n) is 3.66. The summed E-state index contributed by atoms with van der Waals surface area (Å²) in [5.41, 5.74) is 1.15. The van der Waals surface area contributed by atoms with Gasteiger partial charge >= 0.3 is 0 Å². The Bertz CT molecular complexity index is 435. The molecule has 0 saturated heterocycles. The number of methoxy groups -OCH3 is 2. The van der Waals surface area contributed by atoms with Crippen LogP contribution in [0.5, 0.6) is 11.5 Å². The monoisotopic (exact) mass is 313 g/mol. The maximum atomic E-state index is 6.29. The van der Waals surface area contributed by atoms with Gasteiger partial charge in [0.25, 0.3) is 0 Å². The Morgan fingerprint density at radius 2 is 1.81 bits per heavy atom. The van der Waals surface area contributed by atoms with Gasteiger partial charge in [0.15, 0.2) is 0 Å². The summed E-state index contributed by atoms with van der Waals surface area (Å²) < 4.78 is 10.7. The smallest absolute Gasteiger partial charge is 0.144 e. The van der Waals surface area contributed by atoms with Crippen LogP contribution in [0.25, 0.3) is 0 Å². The molecule has 0 aliphatic carbocycles. The van der Waals surface area contributed by atoms with Gasteiger partial charge in [0, 0.05) is 6.04 Å². The second-order valence-corrected chi connectivity index (χ2v) is 6.19. The fourth-order valence-corrected chi connectivity index (χ4v) is 2.66. The van der Waals surface area contributed by atoms with E-state index in [0.717, 1.165) is 30.7 Å². The Balaban J connectivity index is 2.57. The third-order valence-corrected chi connectivity index (χ3v) is 4.02. The van der Waals surface area contributed by atoms with Crippen LogP contribution in [0, 0.1) is 5.92 Å². The number of nitrogens with one attached hydrogen (secondary N) is 1. The number of hydrogen-bond donors (Lipinski definition) is 1. The highest BCUT2D eigenvalue weighted by Crippen LogP contribution is 2.37. The second kappa shape index (κ2) is 9.16. The molecule has 21 heavy (non-hydrogen) atoms. The lowest BCUT2D eigenvalue weighted by Crippen LogP contribution is -2.25. The van der Waals surface area contributed by atoms with Gasteiger partial charge in [-0.2, -0.15) is 0 Å². The zero-order valence-electron chi connectivity index (χ0n) is 13.8. The van der Waals surface area contributed by atoms with Crippen LogP contribution in [-0.2, 0) is 6.42 Å². The maximum absolute atomic E-state index is 6.29. The minimum Gasteiger partial charge on any atom is -0.495 e. The molecule has 0 aliphatic heterocycles. The van der Waals surface area contributed by atoms with Gasteiger partial charge in [0.05, 0.1) is 14.2 Å². The first kappa shape index (κ1) is 18.1. The molecule has 0 aliphatic rings. The molecular formula is C17H28ClNO2. The Morgan fingerprint density at radius 1 is 1.10 bits per heavy atom. The van der Waals surface area contributed by atoms with Crippen LogP contribution in [0.3, 0.4) is 0 Å². The van der Waals surface area contributed by atoms with Crippen molar-refractivity contribution < 1.29 is 9.47 Å². The molecule has 0 radical (unpaired) electrons. The van der Waals surface area contributed by atoms with Gasteiger partial charge < -0.3 is 14.8 Å². The predicted octanol–water partition coefficient (Wildman–Crippen LogP) is 4.31. The molecule has 0 saturated carbocycles. The lowest BCUT2D eigenvalue weighted by molar-refractivity contribution is 0.388. The molecular weight excluding hydrogens is 286 g/mol. The van der Waals surface area contributed by atoms with E-state index in [0.29, 0.717) is 22.7 Å². The molecule has 1 N–H and O–H groups in total. The molecule has 0 amide bonds. The van der Waals surface area contributed by atoms with E-state index < -0.39 is 0 Å². The molecule has 0 heterocycles. The van der Waals surface area contributed by atoms with Crippen molar-refractivity contribution in [2.45, 2.75) is 46.1 Å². The second-order valence-electron chi connectivity index (χ2n) is 5.82. The predicted molar refractivity (Wildman–Crippen MR) is 89.8 cm³/mol. The first-order chi connectivity index (χ1) is 9.99. The molecule has 120 valence electrons. The first-order valence-corrected chi connectivity index (χ1v) is 8.00. The minimum absolute atomic E-state index is 0.553. The van der Waals surface area contributed by atoms with Crippen molar-refractivity contribution >= 4 is 11.6 Å². The van der Waals surface area contributed by atoms with E-state index in [1.165, 1.54) is 6.42 Å². The molecule has 0 spiro atoms. The zero-order chi connectivity index (χ0) is 15.8. The van der Waals surface area contributed by atoms with Crippen molar-refractivity contribution in [1.82, 2.24) is 5.32 Å². The van der Waals surface area contributed by atoms with E-state index in [1.807, 2.05) is 12.1 Å². The van der Waals surface area contributed by atoms with Gasteiger partial charge in [-0.05, 0) is 43.4 Å². The maximum Gasteiger partial charge on any atom is 0.144 e. The molecule has 1 aromatic rings. The number of rotatable bonds is 9. The van der Waals surface area contributed by atoms with Crippen LogP contribution in [0.2, 0.25) is 5.02 Å². The van der Waals surface area contributed by atoms with Crippen molar-refractivity contribution in [2.75, 3.05) is 20.8 Å². The van der Waals surface area contributed by atoms with Gasteiger partial charge in [-0.1, -0.05) is 38.4 Å². The van der Waals surface area contributed by atoms with Gasteiger partial charge in [0.1, 0.15) is 16.5 Å². The zero-order valence-corrected chi connectivity index (χ0v) is 14.6. The minimum atomic E-state index is 0.553. The van der Waals surface area contributed by atoms with E-state index in [4.69, 9.17) is 21.1 Å². The topological polar surface area (TPSA) is 30.5 Å². The standard InChI is InChI=1S/C17H28ClNO2/c1-12(2)19-11-10-13(3)6-7-14-8-9-15(20-4)16(18)17(14)21-5/h8-9,12-13,19H,6-7,10-11H2,1-5H3. The summed E-state index contributed by atoms with van der Waals surface area (Å²) in [6.07, 6.45) is 3.28. The van der Waals surface area contributed by atoms with Crippen LogP contribution in [0.1, 0.15) is 39.2 Å². The summed E-state index contributed by atoms with van der Waals surface area (Å²) in [5.74, 6) is 2.07. The highest BCUT2D eigenvalue weighted by atomic mass is 35.5. The van der Waals surface area contributed by atoms with E-state index in [2.05, 4.69) is 26.1 Å². The molecule has 0 bridgehead atoms. The van der Waals surface area contributed by atoms with Gasteiger partial charge in [-0.25, -0.2) is 0 Å². The Labute approximate surface area is 134 Å². The van der Waals surface area contributed by atoms with Crippen LogP contribution in [0.4, 0.5) is 0 Å². The number of hydrogen-bond acceptors (Lipinski definition) is 3. The van der Waals surface area contributed by atoms with Crippen molar-refractivity contribution in [3.8, 4) is 11.5 Å². The van der Waals surface area contributed by atoms with Crippen LogP contribution in [0.15, 0.2) is 12.1 Å². The number of aryl methyl sites for hydroxylation is 1. The van der Waals surface area contributed by atoms with Crippen molar-refractivity contribution in [3.63, 3.8) is 0 Å². The lowest BCUT2D eigenvalue weighted by Gasteiger charge is -2.16. The van der Waals surface area contributed by atoms with E-state index in [9.17, 15) is 0 Å². The molecule has 4 heteroatoms. The van der Waals surface area contributed by atoms with Crippen molar-refractivity contribution in [3.05, 3.63) is 22.7 Å². The molecule has 0 fully saturated rings. The Kier molecular flexibility index (Phi) is 7.91. The summed E-state index contributed by atoms with van der Waals surface area (Å²) in [5, 5.41) is 4.02. The number of ether oxygens (including phenoxy) is 2. The normalized spacial score (nSPS) is 12.5. The largest absolute Gasteiger partial charge is 0.495 e. The van der Waals surface area contributed by atoms with Crippen molar-refractivity contribution in [1.29, 1.82) is 0 Å². The van der Waals surface area contributed by atoms with Crippen LogP contribution >= 0.6 is 11.6 Å². The average molecular weight is 314 g/mol. The summed E-state index contributed by atoms with van der Waals surface area (Å²) in [7, 11) is 3.27. The van der Waals surface area contributed by atoms with Crippen molar-refractivity contribution in [2.24, 2.45) is 5.92 Å². The third kappa shape index (κ3) is 5.76. The number of halogens is 1. The fraction of sp³-hybridized carbons (Fsp3) is 0.647. The summed E-state index contributed by atoms with van der Waals surface area (Å²) >= 11 is 6.29. The highest BCUT2D eigenvalue weighted by molar-refractivity contribution is 6.33. The molecule has 1 aromatic carbocycles. The molecule has 0 aromatic heterocycles. The molecule has 1 rings (SSSR count). The van der Waals surface area contributed by atoms with E-state index in [1.54, 1.807) is 14.2 Å². The number of benzene rings is 1. The lowest BCUT2D eigenvalue weighted by atomic mass is 9.97. The quantitative estimate of drug-likeness (QED) is 0.736. The average Bonchev–Trinajstić information content (AvgIpc) is 2.44. The SMILES string of the molecule is COc1ccc(CCC(C)CCNC(C)C)c(OC)c1Cl. The van der Waals surface area contributed by atoms with Gasteiger partial charge in [0.2, 0.25) is 0 Å². The van der Waals surface area contributed by atoms with Gasteiger partial charge in [-0.15, -0.1) is 0 Å². The fourth-order valence-electron chi connectivity index (χ4n) is 2.32. The molecule has 3 nitrogen and oxygen atoms in total. The van der Waals surface area contributed by atoms with Crippen LogP contribution < -0.4 is 14.8 Å². The summed E-state index contributed by atoms with van der Waals surface area (Å²) in [6.45, 7) is 7.71. The molecule has 1 unspecified atom stereocenters.